The molecule has 20 heavy (non-hydrogen) atoms. The zero-order chi connectivity index (χ0) is 15.2. The number of benzene rings is 1. The smallest absolute Gasteiger partial charge is 0.329 e. The van der Waals surface area contributed by atoms with Crippen molar-refractivity contribution in [3.8, 4) is 0 Å². The Balaban J connectivity index is 2.58. The van der Waals surface area contributed by atoms with E-state index in [1.54, 1.807) is 38.1 Å². The summed E-state index contributed by atoms with van der Waals surface area (Å²) < 4.78 is 0. The quantitative estimate of drug-likeness (QED) is 0.755. The van der Waals surface area contributed by atoms with Gasteiger partial charge in [0.25, 0.3) is 0 Å². The lowest BCUT2D eigenvalue weighted by molar-refractivity contribution is -0.144. The number of carbonyl (C=O) groups is 2. The molecule has 0 heterocycles. The molecule has 0 aliphatic rings. The Bertz CT molecular complexity index is 470. The van der Waals surface area contributed by atoms with Gasteiger partial charge in [0.05, 0.1) is 0 Å². The predicted molar refractivity (Wildman–Crippen MR) is 77.8 cm³/mol. The van der Waals surface area contributed by atoms with Gasteiger partial charge in [0.2, 0.25) is 0 Å². The van der Waals surface area contributed by atoms with Crippen LogP contribution < -0.4 is 10.6 Å². The minimum Gasteiger partial charge on any atom is -0.480 e. The number of aliphatic carboxylic acids is 1. The summed E-state index contributed by atoms with van der Waals surface area (Å²) in [5.41, 5.74) is -0.331. The number of halogens is 1. The summed E-state index contributed by atoms with van der Waals surface area (Å²) in [6.45, 7) is 3.78. The molecule has 0 saturated carbocycles. The molecule has 0 atom stereocenters. The van der Waals surface area contributed by atoms with E-state index in [4.69, 9.17) is 11.6 Å². The van der Waals surface area contributed by atoms with Crippen molar-refractivity contribution in [2.24, 2.45) is 0 Å². The first kappa shape index (κ1) is 16.3. The molecule has 5 nitrogen and oxygen atoms in total. The Morgan fingerprint density at radius 2 is 1.75 bits per heavy atom. The van der Waals surface area contributed by atoms with Gasteiger partial charge in [0.1, 0.15) is 5.54 Å². The van der Waals surface area contributed by atoms with Crippen molar-refractivity contribution in [2.45, 2.75) is 38.8 Å². The molecule has 1 aromatic rings. The van der Waals surface area contributed by atoms with Crippen LogP contribution in [-0.4, -0.2) is 22.6 Å². The van der Waals surface area contributed by atoms with Gasteiger partial charge in [-0.1, -0.05) is 37.6 Å². The predicted octanol–water partition coefficient (Wildman–Crippen LogP) is 2.78. The molecular weight excluding hydrogens is 280 g/mol. The van der Waals surface area contributed by atoms with E-state index in [0.717, 1.165) is 5.56 Å². The van der Waals surface area contributed by atoms with Gasteiger partial charge in [-0.3, -0.25) is 0 Å². The highest BCUT2D eigenvalue weighted by Crippen LogP contribution is 2.15. The van der Waals surface area contributed by atoms with Crippen molar-refractivity contribution < 1.29 is 14.7 Å². The number of hydrogen-bond acceptors (Lipinski definition) is 2. The highest BCUT2D eigenvalue weighted by Gasteiger charge is 2.36. The molecule has 1 rings (SSSR count). The van der Waals surface area contributed by atoms with E-state index in [0.29, 0.717) is 24.4 Å². The fourth-order valence-electron chi connectivity index (χ4n) is 1.83. The topological polar surface area (TPSA) is 78.4 Å². The number of carbonyl (C=O) groups excluding carboxylic acids is 1. The molecule has 0 saturated heterocycles. The molecule has 0 aliphatic heterocycles. The third-order valence-electron chi connectivity index (χ3n) is 3.34. The Morgan fingerprint density at radius 3 is 2.20 bits per heavy atom. The molecular formula is C14H19ClN2O3. The number of urea groups is 1. The van der Waals surface area contributed by atoms with Gasteiger partial charge >= 0.3 is 12.0 Å². The highest BCUT2D eigenvalue weighted by atomic mass is 35.5. The molecule has 0 bridgehead atoms. The summed E-state index contributed by atoms with van der Waals surface area (Å²) in [6.07, 6.45) is 0.653. The van der Waals surface area contributed by atoms with Crippen molar-refractivity contribution in [3.63, 3.8) is 0 Å². The van der Waals surface area contributed by atoms with E-state index in [9.17, 15) is 14.7 Å². The Hall–Kier alpha value is -1.75. The zero-order valence-electron chi connectivity index (χ0n) is 11.6. The van der Waals surface area contributed by atoms with Gasteiger partial charge in [-0.25, -0.2) is 9.59 Å². The van der Waals surface area contributed by atoms with Crippen LogP contribution in [0.15, 0.2) is 24.3 Å². The largest absolute Gasteiger partial charge is 0.480 e. The maximum absolute atomic E-state index is 11.8. The molecule has 110 valence electrons. The number of nitrogens with one attached hydrogen (secondary N) is 2. The van der Waals surface area contributed by atoms with Crippen LogP contribution in [0.4, 0.5) is 4.79 Å². The van der Waals surface area contributed by atoms with Crippen LogP contribution in [0, 0.1) is 0 Å². The third-order valence-corrected chi connectivity index (χ3v) is 3.59. The highest BCUT2D eigenvalue weighted by molar-refractivity contribution is 6.30. The van der Waals surface area contributed by atoms with Crippen LogP contribution in [0.3, 0.4) is 0 Å². The van der Waals surface area contributed by atoms with Crippen LogP contribution in [0.5, 0.6) is 0 Å². The fourth-order valence-corrected chi connectivity index (χ4v) is 1.95. The normalized spacial score (nSPS) is 10.9. The van der Waals surface area contributed by atoms with Crippen LogP contribution in [0.2, 0.25) is 5.02 Å². The van der Waals surface area contributed by atoms with Crippen LogP contribution in [0.25, 0.3) is 0 Å². The Labute approximate surface area is 123 Å². The minimum atomic E-state index is -1.22. The van der Waals surface area contributed by atoms with E-state index >= 15 is 0 Å². The number of hydrogen-bond donors (Lipinski definition) is 3. The van der Waals surface area contributed by atoms with E-state index in [-0.39, 0.29) is 0 Å². The first-order valence-electron chi connectivity index (χ1n) is 6.47. The second-order valence-corrected chi connectivity index (χ2v) is 4.96. The number of carboxylic acid groups (broad SMARTS) is 1. The third kappa shape index (κ3) is 4.13. The Kier molecular flexibility index (Phi) is 5.82. The van der Waals surface area contributed by atoms with Crippen molar-refractivity contribution in [2.75, 3.05) is 0 Å². The summed E-state index contributed by atoms with van der Waals surface area (Å²) in [6, 6.07) is 6.57. The molecule has 0 unspecified atom stereocenters. The molecule has 0 aliphatic carbocycles. The molecule has 0 fully saturated rings. The van der Waals surface area contributed by atoms with Gasteiger partial charge < -0.3 is 15.7 Å². The summed E-state index contributed by atoms with van der Waals surface area (Å²) in [4.78, 5) is 23.1. The zero-order valence-corrected chi connectivity index (χ0v) is 12.3. The van der Waals surface area contributed by atoms with E-state index in [1.807, 2.05) is 0 Å². The average molecular weight is 299 g/mol. The van der Waals surface area contributed by atoms with E-state index < -0.39 is 17.5 Å². The lowest BCUT2D eigenvalue weighted by Crippen LogP contribution is -2.56. The SMILES string of the molecule is CCC(CC)(NC(=O)NCc1ccc(Cl)cc1)C(=O)O. The van der Waals surface area contributed by atoms with Crippen LogP contribution in [-0.2, 0) is 11.3 Å². The summed E-state index contributed by atoms with van der Waals surface area (Å²) >= 11 is 5.77. The standard InChI is InChI=1S/C14H19ClN2O3/c1-3-14(4-2,12(18)19)17-13(20)16-9-10-5-7-11(15)8-6-10/h5-8H,3-4,9H2,1-2H3,(H,18,19)(H2,16,17,20). The van der Waals surface area contributed by atoms with Gasteiger partial charge in [-0.2, -0.15) is 0 Å². The first-order chi connectivity index (χ1) is 9.43. The van der Waals surface area contributed by atoms with Gasteiger partial charge in [0, 0.05) is 11.6 Å². The van der Waals surface area contributed by atoms with Crippen molar-refractivity contribution in [1.29, 1.82) is 0 Å². The molecule has 6 heteroatoms. The van der Waals surface area contributed by atoms with Crippen LogP contribution >= 0.6 is 11.6 Å². The number of carboxylic acids is 1. The molecule has 0 radical (unpaired) electrons. The monoisotopic (exact) mass is 298 g/mol. The van der Waals surface area contributed by atoms with E-state index in [2.05, 4.69) is 10.6 Å². The lowest BCUT2D eigenvalue weighted by atomic mass is 9.93. The number of amides is 2. The summed E-state index contributed by atoms with van der Waals surface area (Å²) in [5.74, 6) is -1.02. The maximum Gasteiger partial charge on any atom is 0.329 e. The molecule has 3 N–H and O–H groups in total. The minimum absolute atomic E-state index is 0.312. The second-order valence-electron chi connectivity index (χ2n) is 4.53. The molecule has 0 aromatic heterocycles. The number of rotatable bonds is 6. The van der Waals surface area contributed by atoms with Gasteiger partial charge in [-0.15, -0.1) is 0 Å². The van der Waals surface area contributed by atoms with Gasteiger partial charge in [-0.05, 0) is 30.5 Å². The molecule has 0 spiro atoms. The second kappa shape index (κ2) is 7.14. The molecule has 2 amide bonds. The maximum atomic E-state index is 11.8. The molecule has 1 aromatic carbocycles. The van der Waals surface area contributed by atoms with Crippen molar-refractivity contribution in [1.82, 2.24) is 10.6 Å². The van der Waals surface area contributed by atoms with E-state index in [1.165, 1.54) is 0 Å². The van der Waals surface area contributed by atoms with Crippen molar-refractivity contribution >= 4 is 23.6 Å². The lowest BCUT2D eigenvalue weighted by Gasteiger charge is -2.28. The van der Waals surface area contributed by atoms with Crippen LogP contribution in [0.1, 0.15) is 32.3 Å². The average Bonchev–Trinajstić information content (AvgIpc) is 2.44. The van der Waals surface area contributed by atoms with Crippen molar-refractivity contribution in [3.05, 3.63) is 34.9 Å². The van der Waals surface area contributed by atoms with Gasteiger partial charge in [0.15, 0.2) is 0 Å². The fraction of sp³-hybridized carbons (Fsp3) is 0.429. The first-order valence-corrected chi connectivity index (χ1v) is 6.85. The summed E-state index contributed by atoms with van der Waals surface area (Å²) in [7, 11) is 0. The summed E-state index contributed by atoms with van der Waals surface area (Å²) in [5, 5.41) is 15.0. The Morgan fingerprint density at radius 1 is 1.20 bits per heavy atom.